The lowest BCUT2D eigenvalue weighted by Crippen LogP contribution is -2.22. The topological polar surface area (TPSA) is 33.3 Å². The molecule has 3 nitrogen and oxygen atoms in total. The predicted molar refractivity (Wildman–Crippen MR) is 55.2 cm³/mol. The van der Waals surface area contributed by atoms with E-state index in [1.165, 1.54) is 0 Å². The van der Waals surface area contributed by atoms with E-state index in [-0.39, 0.29) is 0 Å². The van der Waals surface area contributed by atoms with Crippen molar-refractivity contribution in [2.24, 2.45) is 0 Å². The number of anilines is 1. The number of fused-ring (bicyclic) bond motifs is 2. The van der Waals surface area contributed by atoms with Gasteiger partial charge in [0.1, 0.15) is 12.0 Å². The Balaban J connectivity index is 2.14. The van der Waals surface area contributed by atoms with Crippen LogP contribution in [0.3, 0.4) is 0 Å². The Morgan fingerprint density at radius 2 is 2.14 bits per heavy atom. The monoisotopic (exact) mass is 186 g/mol. The minimum absolute atomic E-state index is 0.740. The van der Waals surface area contributed by atoms with Gasteiger partial charge in [-0.3, -0.25) is 0 Å². The minimum Gasteiger partial charge on any atom is -0.464 e. The number of para-hydroxylation sites is 1. The molecule has 2 heterocycles. The van der Waals surface area contributed by atoms with Crippen molar-refractivity contribution in [3.05, 3.63) is 48.1 Å². The molecule has 2 aliphatic heterocycles. The van der Waals surface area contributed by atoms with Gasteiger partial charge in [0, 0.05) is 17.5 Å². The highest BCUT2D eigenvalue weighted by atomic mass is 16.5. The predicted octanol–water partition coefficient (Wildman–Crippen LogP) is 1.87. The Morgan fingerprint density at radius 1 is 1.21 bits per heavy atom. The summed E-state index contributed by atoms with van der Waals surface area (Å²) in [6, 6.07) is 8.19. The maximum Gasteiger partial charge on any atom is 0.146 e. The molecule has 0 radical (unpaired) electrons. The van der Waals surface area contributed by atoms with Gasteiger partial charge >= 0.3 is 0 Å². The van der Waals surface area contributed by atoms with Gasteiger partial charge in [0.15, 0.2) is 0 Å². The zero-order chi connectivity index (χ0) is 9.38. The van der Waals surface area contributed by atoms with Crippen LogP contribution < -0.4 is 10.6 Å². The Labute approximate surface area is 82.1 Å². The number of ether oxygens (including phenoxy) is 1. The zero-order valence-electron chi connectivity index (χ0n) is 7.58. The van der Waals surface area contributed by atoms with Gasteiger partial charge in [-0.25, -0.2) is 0 Å². The maximum atomic E-state index is 5.41. The molecule has 3 heteroatoms. The molecule has 0 aliphatic carbocycles. The van der Waals surface area contributed by atoms with E-state index in [0.717, 1.165) is 29.3 Å². The van der Waals surface area contributed by atoms with Gasteiger partial charge in [0.25, 0.3) is 0 Å². The van der Waals surface area contributed by atoms with Gasteiger partial charge in [-0.15, -0.1) is 0 Å². The first-order valence-corrected chi connectivity index (χ1v) is 4.60. The summed E-state index contributed by atoms with van der Waals surface area (Å²) in [5, 5.41) is 6.52. The molecule has 0 bridgehead atoms. The maximum absolute atomic E-state index is 5.41. The lowest BCUT2D eigenvalue weighted by atomic mass is 10.0. The van der Waals surface area contributed by atoms with Crippen LogP contribution in [0.25, 0.3) is 5.70 Å². The second-order valence-electron chi connectivity index (χ2n) is 3.26. The number of rotatable bonds is 0. The van der Waals surface area contributed by atoms with Crippen molar-refractivity contribution in [3.8, 4) is 0 Å². The second-order valence-corrected chi connectivity index (χ2v) is 3.26. The van der Waals surface area contributed by atoms with Gasteiger partial charge in [0.05, 0.1) is 12.2 Å². The minimum atomic E-state index is 0.740. The Kier molecular flexibility index (Phi) is 1.50. The molecule has 0 saturated heterocycles. The molecule has 1 aromatic rings. The van der Waals surface area contributed by atoms with Crippen LogP contribution in [0.15, 0.2) is 42.5 Å². The van der Waals surface area contributed by atoms with Gasteiger partial charge in [-0.05, 0) is 6.07 Å². The van der Waals surface area contributed by atoms with Crippen LogP contribution in [0.2, 0.25) is 0 Å². The fraction of sp³-hybridized carbons (Fsp3) is 0.0909. The third kappa shape index (κ3) is 0.988. The van der Waals surface area contributed by atoms with Gasteiger partial charge < -0.3 is 15.4 Å². The molecule has 0 aromatic heterocycles. The van der Waals surface area contributed by atoms with Crippen molar-refractivity contribution in [2.45, 2.75) is 0 Å². The lowest BCUT2D eigenvalue weighted by molar-refractivity contribution is 0.339. The summed E-state index contributed by atoms with van der Waals surface area (Å²) >= 11 is 0. The molecule has 14 heavy (non-hydrogen) atoms. The molecular formula is C11H10N2O. The van der Waals surface area contributed by atoms with E-state index >= 15 is 0 Å². The van der Waals surface area contributed by atoms with Gasteiger partial charge in [0.2, 0.25) is 0 Å². The van der Waals surface area contributed by atoms with Crippen molar-refractivity contribution < 1.29 is 4.74 Å². The number of hydrogen-bond acceptors (Lipinski definition) is 3. The fourth-order valence-corrected chi connectivity index (χ4v) is 1.76. The summed E-state index contributed by atoms with van der Waals surface area (Å²) in [6.07, 6.45) is 3.47. The van der Waals surface area contributed by atoms with Crippen LogP contribution in [-0.2, 0) is 4.74 Å². The first-order valence-electron chi connectivity index (χ1n) is 4.60. The van der Waals surface area contributed by atoms with E-state index in [2.05, 4.69) is 22.8 Å². The molecule has 0 saturated carbocycles. The van der Waals surface area contributed by atoms with Crippen LogP contribution in [0.1, 0.15) is 5.56 Å². The summed E-state index contributed by atoms with van der Waals surface area (Å²) < 4.78 is 5.41. The highest BCUT2D eigenvalue weighted by Crippen LogP contribution is 2.30. The Hall–Kier alpha value is -1.90. The number of nitrogens with one attached hydrogen (secondary N) is 2. The standard InChI is InChI=1S/C11H10N2O/c1-2-4-9-8(3-1)11-10(7-13-9)14-6-5-12-11/h1-6,12-13H,7H2. The molecule has 0 fully saturated rings. The molecule has 0 atom stereocenters. The summed E-state index contributed by atoms with van der Waals surface area (Å²) in [5.74, 6) is 0.950. The van der Waals surface area contributed by atoms with Crippen molar-refractivity contribution in [1.29, 1.82) is 0 Å². The second kappa shape index (κ2) is 2.80. The van der Waals surface area contributed by atoms with Crippen molar-refractivity contribution >= 4 is 11.4 Å². The zero-order valence-corrected chi connectivity index (χ0v) is 7.58. The van der Waals surface area contributed by atoms with Crippen LogP contribution in [0.4, 0.5) is 5.69 Å². The van der Waals surface area contributed by atoms with Crippen molar-refractivity contribution in [3.63, 3.8) is 0 Å². The highest BCUT2D eigenvalue weighted by molar-refractivity contribution is 5.80. The molecule has 70 valence electrons. The highest BCUT2D eigenvalue weighted by Gasteiger charge is 2.19. The fourth-order valence-electron chi connectivity index (χ4n) is 1.76. The third-order valence-corrected chi connectivity index (χ3v) is 2.42. The molecule has 3 rings (SSSR count). The smallest absolute Gasteiger partial charge is 0.146 e. The van der Waals surface area contributed by atoms with E-state index in [9.17, 15) is 0 Å². The van der Waals surface area contributed by atoms with E-state index in [1.807, 2.05) is 12.1 Å². The van der Waals surface area contributed by atoms with E-state index in [0.29, 0.717) is 0 Å². The quantitative estimate of drug-likeness (QED) is 0.649. The lowest BCUT2D eigenvalue weighted by Gasteiger charge is -2.25. The van der Waals surface area contributed by atoms with Crippen LogP contribution in [0, 0.1) is 0 Å². The average Bonchev–Trinajstić information content (AvgIpc) is 2.29. The largest absolute Gasteiger partial charge is 0.464 e. The summed E-state index contributed by atoms with van der Waals surface area (Å²) in [5.41, 5.74) is 3.39. The van der Waals surface area contributed by atoms with E-state index < -0.39 is 0 Å². The molecule has 0 amide bonds. The SMILES string of the molecule is C1=COC2=C(N1)c1ccccc1NC2. The van der Waals surface area contributed by atoms with E-state index in [1.54, 1.807) is 12.5 Å². The Morgan fingerprint density at radius 3 is 3.14 bits per heavy atom. The molecule has 0 unspecified atom stereocenters. The van der Waals surface area contributed by atoms with Gasteiger partial charge in [-0.2, -0.15) is 0 Å². The van der Waals surface area contributed by atoms with Crippen LogP contribution >= 0.6 is 0 Å². The third-order valence-electron chi connectivity index (χ3n) is 2.42. The van der Waals surface area contributed by atoms with Crippen molar-refractivity contribution in [1.82, 2.24) is 5.32 Å². The summed E-state index contributed by atoms with van der Waals surface area (Å²) in [7, 11) is 0. The Bertz CT molecular complexity index is 435. The molecule has 1 aromatic carbocycles. The van der Waals surface area contributed by atoms with Crippen LogP contribution in [0.5, 0.6) is 0 Å². The van der Waals surface area contributed by atoms with Gasteiger partial charge in [-0.1, -0.05) is 18.2 Å². The molecule has 2 N–H and O–H groups in total. The molecule has 2 aliphatic rings. The summed E-state index contributed by atoms with van der Waals surface area (Å²) in [6.45, 7) is 0.740. The average molecular weight is 186 g/mol. The number of benzene rings is 1. The normalized spacial score (nSPS) is 17.4. The van der Waals surface area contributed by atoms with E-state index in [4.69, 9.17) is 4.74 Å². The number of hydrogen-bond donors (Lipinski definition) is 2. The molecular weight excluding hydrogens is 176 g/mol. The van der Waals surface area contributed by atoms with Crippen LogP contribution in [-0.4, -0.2) is 6.54 Å². The van der Waals surface area contributed by atoms with Crippen molar-refractivity contribution in [2.75, 3.05) is 11.9 Å². The first-order chi connectivity index (χ1) is 6.95. The summed E-state index contributed by atoms with van der Waals surface area (Å²) in [4.78, 5) is 0. The molecule has 0 spiro atoms. The first kappa shape index (κ1) is 7.50.